The van der Waals surface area contributed by atoms with E-state index >= 15 is 0 Å². The Balaban J connectivity index is 1.56. The number of allylic oxidation sites excluding steroid dienone is 5. The summed E-state index contributed by atoms with van der Waals surface area (Å²) in [7, 11) is 0. The largest absolute Gasteiger partial charge is 0.310 e. The number of benzene rings is 3. The highest BCUT2D eigenvalue weighted by Crippen LogP contribution is 2.31. The van der Waals surface area contributed by atoms with E-state index in [1.54, 1.807) is 0 Å². The monoisotopic (exact) mass is 413 g/mol. The predicted octanol–water partition coefficient (Wildman–Crippen LogP) is 7.38. The second-order valence-electron chi connectivity index (χ2n) is 6.48. The summed E-state index contributed by atoms with van der Waals surface area (Å²) in [4.78, 5) is 0. The Morgan fingerprint density at radius 3 is 2.04 bits per heavy atom. The van der Waals surface area contributed by atoms with Gasteiger partial charge in [0.05, 0.1) is 11.0 Å². The number of para-hydroxylation sites is 2. The summed E-state index contributed by atoms with van der Waals surface area (Å²) in [5.74, 6) is 0. The number of rotatable bonds is 5. The van der Waals surface area contributed by atoms with E-state index in [9.17, 15) is 0 Å². The molecule has 0 aliphatic rings. The van der Waals surface area contributed by atoms with Crippen LogP contribution in [0.3, 0.4) is 0 Å². The molecule has 0 unspecified atom stereocenters. The van der Waals surface area contributed by atoms with Gasteiger partial charge in [-0.15, -0.1) is 0 Å². The maximum atomic E-state index is 4.30. The van der Waals surface area contributed by atoms with Gasteiger partial charge in [-0.1, -0.05) is 89.3 Å². The molecule has 0 N–H and O–H groups in total. The lowest BCUT2D eigenvalue weighted by Gasteiger charge is -2.06. The number of hydrogen-bond donors (Lipinski definition) is 0. The van der Waals surface area contributed by atoms with Crippen molar-refractivity contribution in [3.05, 3.63) is 114 Å². The molecule has 0 spiro atoms. The van der Waals surface area contributed by atoms with Crippen LogP contribution >= 0.6 is 15.9 Å². The van der Waals surface area contributed by atoms with Crippen LogP contribution in [0.2, 0.25) is 0 Å². The number of nitrogens with zero attached hydrogens (tertiary/aromatic N) is 1. The highest BCUT2D eigenvalue weighted by molar-refractivity contribution is 9.10. The topological polar surface area (TPSA) is 4.93 Å². The molecule has 4 rings (SSSR count). The van der Waals surface area contributed by atoms with Crippen LogP contribution in [0.25, 0.3) is 27.5 Å². The molecule has 3 aromatic carbocycles. The molecule has 0 saturated carbocycles. The Bertz CT molecular complexity index is 1110. The predicted molar refractivity (Wildman–Crippen MR) is 121 cm³/mol. The second-order valence-corrected chi connectivity index (χ2v) is 7.39. The first kappa shape index (κ1) is 17.6. The first-order chi connectivity index (χ1) is 13.2. The van der Waals surface area contributed by atoms with E-state index in [2.05, 4.69) is 124 Å². The summed E-state index contributed by atoms with van der Waals surface area (Å²) >= 11 is 3.47. The van der Waals surface area contributed by atoms with Gasteiger partial charge in [-0.2, -0.15) is 0 Å². The van der Waals surface area contributed by atoms with Gasteiger partial charge < -0.3 is 4.57 Å². The molecule has 1 nitrogen and oxygen atoms in total. The summed E-state index contributed by atoms with van der Waals surface area (Å²) in [5.41, 5.74) is 4.63. The number of fused-ring (bicyclic) bond motifs is 3. The number of halogens is 1. The lowest BCUT2D eigenvalue weighted by Crippen LogP contribution is -1.92. The van der Waals surface area contributed by atoms with Gasteiger partial charge in [0.15, 0.2) is 0 Å². The van der Waals surface area contributed by atoms with Gasteiger partial charge in [0.25, 0.3) is 0 Å². The summed E-state index contributed by atoms with van der Waals surface area (Å²) in [5, 5.41) is 2.52. The van der Waals surface area contributed by atoms with Crippen LogP contribution < -0.4 is 0 Å². The van der Waals surface area contributed by atoms with Crippen LogP contribution in [0.5, 0.6) is 0 Å². The van der Waals surface area contributed by atoms with Crippen molar-refractivity contribution in [3.8, 4) is 0 Å². The van der Waals surface area contributed by atoms with Crippen LogP contribution in [0.15, 0.2) is 108 Å². The SMILES string of the molecule is C=C(/C=C\C=C/Cc1ccc(Br)cc1)n1c2ccccc2c2ccccc21. The van der Waals surface area contributed by atoms with E-state index < -0.39 is 0 Å². The minimum atomic E-state index is 0.916. The normalized spacial score (nSPS) is 11.9. The van der Waals surface area contributed by atoms with E-state index in [0.29, 0.717) is 0 Å². The van der Waals surface area contributed by atoms with E-state index in [1.165, 1.54) is 27.4 Å². The van der Waals surface area contributed by atoms with Gasteiger partial charge in [-0.05, 0) is 42.3 Å². The second kappa shape index (κ2) is 7.81. The van der Waals surface area contributed by atoms with Gasteiger partial charge in [-0.25, -0.2) is 0 Å². The highest BCUT2D eigenvalue weighted by atomic mass is 79.9. The zero-order valence-corrected chi connectivity index (χ0v) is 16.6. The molecule has 0 atom stereocenters. The molecule has 27 heavy (non-hydrogen) atoms. The third-order valence-electron chi connectivity index (χ3n) is 4.67. The minimum Gasteiger partial charge on any atom is -0.310 e. The summed E-state index contributed by atoms with van der Waals surface area (Å²) in [6.45, 7) is 4.30. The third-order valence-corrected chi connectivity index (χ3v) is 5.20. The molecule has 0 bridgehead atoms. The lowest BCUT2D eigenvalue weighted by atomic mass is 10.1. The van der Waals surface area contributed by atoms with Crippen LogP contribution in [0, 0.1) is 0 Å². The van der Waals surface area contributed by atoms with Crippen molar-refractivity contribution < 1.29 is 0 Å². The average Bonchev–Trinajstić information content (AvgIpc) is 3.04. The van der Waals surface area contributed by atoms with Crippen molar-refractivity contribution in [2.24, 2.45) is 0 Å². The molecule has 132 valence electrons. The smallest absolute Gasteiger partial charge is 0.0540 e. The molecule has 0 aliphatic heterocycles. The Hall–Kier alpha value is -2.84. The molecular weight excluding hydrogens is 394 g/mol. The molecule has 4 aromatic rings. The van der Waals surface area contributed by atoms with Crippen LogP contribution in [-0.4, -0.2) is 4.57 Å². The molecule has 0 aliphatic carbocycles. The van der Waals surface area contributed by atoms with Crippen LogP contribution in [0.1, 0.15) is 5.56 Å². The van der Waals surface area contributed by atoms with Crippen LogP contribution in [0.4, 0.5) is 0 Å². The Kier molecular flexibility index (Phi) is 5.08. The standard InChI is InChI=1S/C25H20BrN/c1-19(9-3-2-4-10-20-15-17-21(26)18-16-20)27-24-13-7-5-11-22(24)23-12-6-8-14-25(23)27/h2-9,11-18H,1,10H2/b4-2-,9-3-. The first-order valence-electron chi connectivity index (χ1n) is 8.99. The molecule has 0 amide bonds. The van der Waals surface area contributed by atoms with E-state index in [0.717, 1.165) is 16.6 Å². The van der Waals surface area contributed by atoms with E-state index in [4.69, 9.17) is 0 Å². The Morgan fingerprint density at radius 2 is 1.41 bits per heavy atom. The quantitative estimate of drug-likeness (QED) is 0.300. The zero-order chi connectivity index (χ0) is 18.6. The van der Waals surface area contributed by atoms with Gasteiger partial charge in [0.2, 0.25) is 0 Å². The van der Waals surface area contributed by atoms with Crippen molar-refractivity contribution in [2.45, 2.75) is 6.42 Å². The fraction of sp³-hybridized carbons (Fsp3) is 0.0400. The summed E-state index contributed by atoms with van der Waals surface area (Å²) in [6.07, 6.45) is 9.29. The maximum absolute atomic E-state index is 4.30. The molecule has 0 fully saturated rings. The Morgan fingerprint density at radius 1 is 0.815 bits per heavy atom. The zero-order valence-electron chi connectivity index (χ0n) is 15.0. The molecular formula is C25H20BrN. The van der Waals surface area contributed by atoms with Gasteiger partial charge in [0, 0.05) is 20.9 Å². The fourth-order valence-electron chi connectivity index (χ4n) is 3.38. The fourth-order valence-corrected chi connectivity index (χ4v) is 3.64. The van der Waals surface area contributed by atoms with Crippen molar-refractivity contribution >= 4 is 43.4 Å². The van der Waals surface area contributed by atoms with E-state index in [-0.39, 0.29) is 0 Å². The van der Waals surface area contributed by atoms with Crippen molar-refractivity contribution in [1.82, 2.24) is 4.57 Å². The van der Waals surface area contributed by atoms with Crippen molar-refractivity contribution in [2.75, 3.05) is 0 Å². The summed E-state index contributed by atoms with van der Waals surface area (Å²) < 4.78 is 3.33. The average molecular weight is 414 g/mol. The van der Waals surface area contributed by atoms with Crippen molar-refractivity contribution in [1.29, 1.82) is 0 Å². The molecule has 2 heteroatoms. The molecule has 0 radical (unpaired) electrons. The minimum absolute atomic E-state index is 0.916. The summed E-state index contributed by atoms with van der Waals surface area (Å²) in [6, 6.07) is 25.4. The Labute approximate surface area is 168 Å². The molecule has 1 aromatic heterocycles. The van der Waals surface area contributed by atoms with Crippen molar-refractivity contribution in [3.63, 3.8) is 0 Å². The third kappa shape index (κ3) is 3.67. The van der Waals surface area contributed by atoms with Gasteiger partial charge in [0.1, 0.15) is 0 Å². The van der Waals surface area contributed by atoms with Crippen LogP contribution in [-0.2, 0) is 6.42 Å². The maximum Gasteiger partial charge on any atom is 0.0540 e. The lowest BCUT2D eigenvalue weighted by molar-refractivity contribution is 1.24. The number of aromatic nitrogens is 1. The van der Waals surface area contributed by atoms with Gasteiger partial charge >= 0.3 is 0 Å². The highest BCUT2D eigenvalue weighted by Gasteiger charge is 2.09. The van der Waals surface area contributed by atoms with E-state index in [1.807, 2.05) is 0 Å². The molecule has 1 heterocycles. The molecule has 0 saturated heterocycles. The van der Waals surface area contributed by atoms with Gasteiger partial charge in [-0.3, -0.25) is 0 Å². The first-order valence-corrected chi connectivity index (χ1v) is 9.78. The number of hydrogen-bond acceptors (Lipinski definition) is 0.